The van der Waals surface area contributed by atoms with Gasteiger partial charge in [0, 0.05) is 12.6 Å². The summed E-state index contributed by atoms with van der Waals surface area (Å²) in [4.78, 5) is 0. The lowest BCUT2D eigenvalue weighted by Gasteiger charge is -2.25. The van der Waals surface area contributed by atoms with E-state index in [9.17, 15) is 0 Å². The van der Waals surface area contributed by atoms with Crippen molar-refractivity contribution in [3.05, 3.63) is 41.0 Å². The van der Waals surface area contributed by atoms with Crippen LogP contribution in [0.25, 0.3) is 0 Å². The number of fused-ring (bicyclic) bond motifs is 1. The molecule has 0 heterocycles. The van der Waals surface area contributed by atoms with Crippen molar-refractivity contribution >= 4 is 0 Å². The first-order valence-electron chi connectivity index (χ1n) is 6.71. The number of methoxy groups -OCH3 is 1. The third kappa shape index (κ3) is 3.36. The van der Waals surface area contributed by atoms with E-state index in [4.69, 9.17) is 4.74 Å². The average molecular weight is 245 g/mol. The van der Waals surface area contributed by atoms with Crippen LogP contribution in [0.2, 0.25) is 0 Å². The van der Waals surface area contributed by atoms with E-state index in [1.165, 1.54) is 29.5 Å². The molecule has 0 saturated heterocycles. The molecule has 1 aliphatic rings. The van der Waals surface area contributed by atoms with Crippen molar-refractivity contribution in [2.24, 2.45) is 0 Å². The number of hydrogen-bond acceptors (Lipinski definition) is 2. The summed E-state index contributed by atoms with van der Waals surface area (Å²) < 4.78 is 5.30. The van der Waals surface area contributed by atoms with Crippen LogP contribution in [-0.2, 0) is 12.8 Å². The minimum atomic E-state index is 0.597. The first-order valence-corrected chi connectivity index (χ1v) is 6.71. The predicted octanol–water partition coefficient (Wildman–Crippen LogP) is 3.11. The van der Waals surface area contributed by atoms with Gasteiger partial charge in [-0.3, -0.25) is 0 Å². The van der Waals surface area contributed by atoms with Crippen molar-refractivity contribution in [3.8, 4) is 5.75 Å². The zero-order chi connectivity index (χ0) is 13.0. The van der Waals surface area contributed by atoms with E-state index in [2.05, 4.69) is 43.4 Å². The molecule has 0 bridgehead atoms. The van der Waals surface area contributed by atoms with Gasteiger partial charge < -0.3 is 10.1 Å². The van der Waals surface area contributed by atoms with Crippen LogP contribution in [0.3, 0.4) is 0 Å². The van der Waals surface area contributed by atoms with E-state index in [0.29, 0.717) is 6.04 Å². The van der Waals surface area contributed by atoms with Gasteiger partial charge in [-0.15, -0.1) is 0 Å². The molecule has 1 aromatic carbocycles. The molecule has 0 aliphatic heterocycles. The topological polar surface area (TPSA) is 21.3 Å². The maximum atomic E-state index is 5.30. The first kappa shape index (κ1) is 13.2. The number of aryl methyl sites for hydroxylation is 1. The fourth-order valence-electron chi connectivity index (χ4n) is 2.46. The average Bonchev–Trinajstić information content (AvgIpc) is 2.37. The lowest BCUT2D eigenvalue weighted by atomic mass is 9.88. The Balaban J connectivity index is 1.98. The molecule has 0 radical (unpaired) electrons. The zero-order valence-corrected chi connectivity index (χ0v) is 11.6. The number of allylic oxidation sites excluding steroid dienone is 1. The molecule has 2 heteroatoms. The molecule has 18 heavy (non-hydrogen) atoms. The number of hydrogen-bond donors (Lipinski definition) is 1. The van der Waals surface area contributed by atoms with Crippen molar-refractivity contribution in [3.63, 3.8) is 0 Å². The van der Waals surface area contributed by atoms with E-state index >= 15 is 0 Å². The van der Waals surface area contributed by atoms with Crippen LogP contribution < -0.4 is 10.1 Å². The molecular formula is C16H23NO. The molecule has 2 nitrogen and oxygen atoms in total. The summed E-state index contributed by atoms with van der Waals surface area (Å²) in [5.41, 5.74) is 4.30. The quantitative estimate of drug-likeness (QED) is 0.823. The van der Waals surface area contributed by atoms with Crippen molar-refractivity contribution in [2.45, 2.75) is 39.2 Å². The Morgan fingerprint density at radius 2 is 2.22 bits per heavy atom. The second-order valence-electron chi connectivity index (χ2n) is 5.26. The fourth-order valence-corrected chi connectivity index (χ4v) is 2.46. The van der Waals surface area contributed by atoms with Gasteiger partial charge in [0.25, 0.3) is 0 Å². The van der Waals surface area contributed by atoms with Crippen LogP contribution in [0.4, 0.5) is 0 Å². The molecule has 0 amide bonds. The minimum absolute atomic E-state index is 0.597. The van der Waals surface area contributed by atoms with Gasteiger partial charge >= 0.3 is 0 Å². The summed E-state index contributed by atoms with van der Waals surface area (Å²) in [5, 5.41) is 3.61. The number of benzene rings is 1. The molecule has 1 aliphatic carbocycles. The van der Waals surface area contributed by atoms with Crippen LogP contribution in [0.1, 0.15) is 31.4 Å². The van der Waals surface area contributed by atoms with E-state index in [-0.39, 0.29) is 0 Å². The molecule has 0 aromatic heterocycles. The smallest absolute Gasteiger partial charge is 0.119 e. The monoisotopic (exact) mass is 245 g/mol. The Labute approximate surface area is 110 Å². The summed E-state index contributed by atoms with van der Waals surface area (Å²) in [6, 6.07) is 7.06. The van der Waals surface area contributed by atoms with Crippen LogP contribution in [-0.4, -0.2) is 19.7 Å². The molecule has 0 spiro atoms. The number of rotatable bonds is 4. The Morgan fingerprint density at radius 1 is 1.39 bits per heavy atom. The lowest BCUT2D eigenvalue weighted by Crippen LogP contribution is -2.34. The van der Waals surface area contributed by atoms with Gasteiger partial charge in [-0.1, -0.05) is 17.7 Å². The van der Waals surface area contributed by atoms with Crippen molar-refractivity contribution in [2.75, 3.05) is 13.7 Å². The normalized spacial score (nSPS) is 18.1. The van der Waals surface area contributed by atoms with Gasteiger partial charge in [-0.05, 0) is 56.4 Å². The molecular weight excluding hydrogens is 222 g/mol. The first-order chi connectivity index (χ1) is 8.69. The molecule has 1 atom stereocenters. The van der Waals surface area contributed by atoms with Crippen molar-refractivity contribution in [1.82, 2.24) is 5.32 Å². The number of nitrogens with one attached hydrogen (secondary N) is 1. The van der Waals surface area contributed by atoms with Crippen LogP contribution in [0.5, 0.6) is 5.75 Å². The van der Waals surface area contributed by atoms with Gasteiger partial charge in [0.1, 0.15) is 5.75 Å². The van der Waals surface area contributed by atoms with Crippen LogP contribution >= 0.6 is 0 Å². The highest BCUT2D eigenvalue weighted by molar-refractivity contribution is 5.37. The minimum Gasteiger partial charge on any atom is -0.497 e. The van der Waals surface area contributed by atoms with E-state index in [1.54, 1.807) is 7.11 Å². The van der Waals surface area contributed by atoms with E-state index in [1.807, 2.05) is 0 Å². The maximum Gasteiger partial charge on any atom is 0.119 e. The summed E-state index contributed by atoms with van der Waals surface area (Å²) in [6.45, 7) is 5.26. The largest absolute Gasteiger partial charge is 0.497 e. The third-order valence-electron chi connectivity index (χ3n) is 3.56. The zero-order valence-electron chi connectivity index (χ0n) is 11.6. The standard InChI is InChI=1S/C16H23NO/c1-12(2)8-9-17-15-6-4-13-5-7-16(18-3)11-14(13)10-15/h5,7-8,11,15,17H,4,6,9-10H2,1-3H3. The molecule has 1 aromatic rings. The summed E-state index contributed by atoms with van der Waals surface area (Å²) in [5.74, 6) is 0.971. The lowest BCUT2D eigenvalue weighted by molar-refractivity contribution is 0.412. The number of ether oxygens (including phenoxy) is 1. The molecule has 0 saturated carbocycles. The fraction of sp³-hybridized carbons (Fsp3) is 0.500. The SMILES string of the molecule is COc1ccc2c(c1)CC(NCC=C(C)C)CC2. The molecule has 1 N–H and O–H groups in total. The van der Waals surface area contributed by atoms with Gasteiger partial charge in [0.05, 0.1) is 7.11 Å². The maximum absolute atomic E-state index is 5.30. The molecule has 0 fully saturated rings. The summed E-state index contributed by atoms with van der Waals surface area (Å²) in [7, 11) is 1.73. The van der Waals surface area contributed by atoms with Gasteiger partial charge in [0.2, 0.25) is 0 Å². The van der Waals surface area contributed by atoms with Gasteiger partial charge in [0.15, 0.2) is 0 Å². The predicted molar refractivity (Wildman–Crippen MR) is 76.2 cm³/mol. The second kappa shape index (κ2) is 6.05. The Morgan fingerprint density at radius 3 is 2.94 bits per heavy atom. The Kier molecular flexibility index (Phi) is 4.43. The third-order valence-corrected chi connectivity index (χ3v) is 3.56. The molecule has 98 valence electrons. The van der Waals surface area contributed by atoms with Gasteiger partial charge in [-0.2, -0.15) is 0 Å². The highest BCUT2D eigenvalue weighted by Gasteiger charge is 2.18. The molecule has 2 rings (SSSR count). The summed E-state index contributed by atoms with van der Waals surface area (Å²) >= 11 is 0. The van der Waals surface area contributed by atoms with E-state index < -0.39 is 0 Å². The van der Waals surface area contributed by atoms with Crippen molar-refractivity contribution < 1.29 is 4.74 Å². The van der Waals surface area contributed by atoms with E-state index in [0.717, 1.165) is 18.7 Å². The van der Waals surface area contributed by atoms with Gasteiger partial charge in [-0.25, -0.2) is 0 Å². The summed E-state index contributed by atoms with van der Waals surface area (Å²) in [6.07, 6.45) is 5.77. The Hall–Kier alpha value is -1.28. The highest BCUT2D eigenvalue weighted by atomic mass is 16.5. The Bertz CT molecular complexity index is 433. The second-order valence-corrected chi connectivity index (χ2v) is 5.26. The van der Waals surface area contributed by atoms with Crippen LogP contribution in [0, 0.1) is 0 Å². The van der Waals surface area contributed by atoms with Crippen molar-refractivity contribution in [1.29, 1.82) is 0 Å². The van der Waals surface area contributed by atoms with Crippen LogP contribution in [0.15, 0.2) is 29.8 Å². The highest BCUT2D eigenvalue weighted by Crippen LogP contribution is 2.25. The molecule has 1 unspecified atom stereocenters.